The molecule has 0 saturated carbocycles. The molecule has 21 heavy (non-hydrogen) atoms. The van der Waals surface area contributed by atoms with Gasteiger partial charge in [-0.15, -0.1) is 0 Å². The van der Waals surface area contributed by atoms with E-state index < -0.39 is 5.97 Å². The fourth-order valence-corrected chi connectivity index (χ4v) is 1.92. The number of esters is 1. The van der Waals surface area contributed by atoms with Crippen LogP contribution in [0.3, 0.4) is 0 Å². The Balaban J connectivity index is 2.25. The number of methoxy groups -OCH3 is 1. The first-order chi connectivity index (χ1) is 10.1. The van der Waals surface area contributed by atoms with E-state index >= 15 is 0 Å². The van der Waals surface area contributed by atoms with Crippen molar-refractivity contribution in [2.45, 2.75) is 6.61 Å². The minimum atomic E-state index is -0.400. The predicted molar refractivity (Wildman–Crippen MR) is 82.9 cm³/mol. The van der Waals surface area contributed by atoms with Gasteiger partial charge in [0, 0.05) is 25.8 Å². The highest BCUT2D eigenvalue weighted by Gasteiger charge is 2.14. The molecule has 0 N–H and O–H groups in total. The second-order valence-electron chi connectivity index (χ2n) is 4.84. The van der Waals surface area contributed by atoms with Crippen LogP contribution in [-0.2, 0) is 11.3 Å². The van der Waals surface area contributed by atoms with Crippen molar-refractivity contribution in [2.24, 2.45) is 0 Å². The molecule has 0 aliphatic carbocycles. The lowest BCUT2D eigenvalue weighted by molar-refractivity contribution is 0.0595. The maximum absolute atomic E-state index is 11.8. The van der Waals surface area contributed by atoms with Crippen molar-refractivity contribution in [1.82, 2.24) is 0 Å². The van der Waals surface area contributed by atoms with Crippen molar-refractivity contribution in [2.75, 3.05) is 26.1 Å². The van der Waals surface area contributed by atoms with E-state index in [0.29, 0.717) is 17.9 Å². The molecule has 4 heteroatoms. The fraction of sp³-hybridized carbons (Fsp3) is 0.235. The van der Waals surface area contributed by atoms with Crippen LogP contribution in [0.2, 0.25) is 0 Å². The van der Waals surface area contributed by atoms with E-state index in [0.717, 1.165) is 11.3 Å². The molecule has 0 aliphatic heterocycles. The molecule has 0 fully saturated rings. The maximum Gasteiger partial charge on any atom is 0.341 e. The molecular weight excluding hydrogens is 266 g/mol. The van der Waals surface area contributed by atoms with E-state index in [9.17, 15) is 4.79 Å². The highest BCUT2D eigenvalue weighted by molar-refractivity contribution is 5.93. The van der Waals surface area contributed by atoms with Crippen molar-refractivity contribution in [3.8, 4) is 5.75 Å². The topological polar surface area (TPSA) is 38.8 Å². The Morgan fingerprint density at radius 1 is 1.10 bits per heavy atom. The van der Waals surface area contributed by atoms with Crippen LogP contribution in [0.15, 0.2) is 48.5 Å². The van der Waals surface area contributed by atoms with Gasteiger partial charge in [0.25, 0.3) is 0 Å². The Bertz CT molecular complexity index is 609. The van der Waals surface area contributed by atoms with E-state index in [2.05, 4.69) is 0 Å². The maximum atomic E-state index is 11.8. The van der Waals surface area contributed by atoms with Crippen LogP contribution in [0.5, 0.6) is 5.75 Å². The summed E-state index contributed by atoms with van der Waals surface area (Å²) in [5.74, 6) is 0.125. The Labute approximate surface area is 124 Å². The monoisotopic (exact) mass is 285 g/mol. The van der Waals surface area contributed by atoms with Gasteiger partial charge in [0.1, 0.15) is 17.9 Å². The van der Waals surface area contributed by atoms with Crippen LogP contribution in [0.25, 0.3) is 0 Å². The third-order valence-corrected chi connectivity index (χ3v) is 3.12. The van der Waals surface area contributed by atoms with Crippen molar-refractivity contribution >= 4 is 11.7 Å². The molecule has 0 unspecified atom stereocenters. The van der Waals surface area contributed by atoms with Gasteiger partial charge in [-0.25, -0.2) is 4.79 Å². The van der Waals surface area contributed by atoms with E-state index in [-0.39, 0.29) is 0 Å². The minimum absolute atomic E-state index is 0.400. The summed E-state index contributed by atoms with van der Waals surface area (Å²) in [4.78, 5) is 13.8. The van der Waals surface area contributed by atoms with Crippen LogP contribution >= 0.6 is 0 Å². The highest BCUT2D eigenvalue weighted by atomic mass is 16.5. The van der Waals surface area contributed by atoms with Crippen molar-refractivity contribution in [1.29, 1.82) is 0 Å². The summed E-state index contributed by atoms with van der Waals surface area (Å²) in [6, 6.07) is 15.3. The summed E-state index contributed by atoms with van der Waals surface area (Å²) in [5, 5.41) is 0. The lowest BCUT2D eigenvalue weighted by Gasteiger charge is -2.16. The summed E-state index contributed by atoms with van der Waals surface area (Å²) in [7, 11) is 5.24. The number of carbonyl (C=O) groups excluding carboxylic acids is 1. The number of nitrogens with zero attached hydrogens (tertiary/aromatic N) is 1. The average Bonchev–Trinajstić information content (AvgIpc) is 2.52. The lowest BCUT2D eigenvalue weighted by atomic mass is 10.1. The van der Waals surface area contributed by atoms with Gasteiger partial charge in [0.2, 0.25) is 0 Å². The first kappa shape index (κ1) is 14.9. The number of ether oxygens (including phenoxy) is 2. The summed E-state index contributed by atoms with van der Waals surface area (Å²) < 4.78 is 10.6. The molecule has 0 aliphatic rings. The summed E-state index contributed by atoms with van der Waals surface area (Å²) >= 11 is 0. The molecule has 0 spiro atoms. The number of hydrogen-bond acceptors (Lipinski definition) is 4. The molecule has 0 heterocycles. The van der Waals surface area contributed by atoms with Crippen molar-refractivity contribution < 1.29 is 14.3 Å². The molecule has 2 aromatic rings. The standard InChI is InChI=1S/C17H19NO3/c1-18(2)14-9-10-15(17(19)20-3)16(11-14)21-12-13-7-5-4-6-8-13/h4-11H,12H2,1-3H3. The third kappa shape index (κ3) is 3.75. The zero-order valence-corrected chi connectivity index (χ0v) is 12.5. The number of anilines is 1. The van der Waals surface area contributed by atoms with E-state index in [1.807, 2.05) is 61.5 Å². The van der Waals surface area contributed by atoms with Crippen LogP contribution in [0.1, 0.15) is 15.9 Å². The van der Waals surface area contributed by atoms with Gasteiger partial charge in [-0.2, -0.15) is 0 Å². The Kier molecular flexibility index (Phi) is 4.82. The zero-order valence-electron chi connectivity index (χ0n) is 12.5. The van der Waals surface area contributed by atoms with Gasteiger partial charge in [-0.05, 0) is 17.7 Å². The van der Waals surface area contributed by atoms with Gasteiger partial charge in [0.05, 0.1) is 7.11 Å². The van der Waals surface area contributed by atoms with Gasteiger partial charge in [0.15, 0.2) is 0 Å². The molecule has 2 rings (SSSR count). The molecule has 0 saturated heterocycles. The summed E-state index contributed by atoms with van der Waals surface area (Å²) in [6.45, 7) is 0.404. The van der Waals surface area contributed by atoms with Gasteiger partial charge in [-0.1, -0.05) is 30.3 Å². The van der Waals surface area contributed by atoms with E-state index in [1.54, 1.807) is 6.07 Å². The zero-order chi connectivity index (χ0) is 15.2. The highest BCUT2D eigenvalue weighted by Crippen LogP contribution is 2.26. The molecule has 0 bridgehead atoms. The minimum Gasteiger partial charge on any atom is -0.488 e. The first-order valence-electron chi connectivity index (χ1n) is 6.68. The second kappa shape index (κ2) is 6.79. The quantitative estimate of drug-likeness (QED) is 0.791. The molecule has 2 aromatic carbocycles. The Morgan fingerprint density at radius 2 is 1.81 bits per heavy atom. The second-order valence-corrected chi connectivity index (χ2v) is 4.84. The van der Waals surface area contributed by atoms with Gasteiger partial charge >= 0.3 is 5.97 Å². The van der Waals surface area contributed by atoms with Gasteiger partial charge < -0.3 is 14.4 Å². The van der Waals surface area contributed by atoms with Crippen LogP contribution < -0.4 is 9.64 Å². The van der Waals surface area contributed by atoms with Crippen molar-refractivity contribution in [3.05, 3.63) is 59.7 Å². The first-order valence-corrected chi connectivity index (χ1v) is 6.68. The fourth-order valence-electron chi connectivity index (χ4n) is 1.92. The van der Waals surface area contributed by atoms with Crippen molar-refractivity contribution in [3.63, 3.8) is 0 Å². The van der Waals surface area contributed by atoms with Gasteiger partial charge in [-0.3, -0.25) is 0 Å². The van der Waals surface area contributed by atoms with E-state index in [4.69, 9.17) is 9.47 Å². The molecule has 4 nitrogen and oxygen atoms in total. The molecule has 0 aromatic heterocycles. The van der Waals surface area contributed by atoms with Crippen LogP contribution in [0, 0.1) is 0 Å². The number of carbonyl (C=O) groups is 1. The Morgan fingerprint density at radius 3 is 2.43 bits per heavy atom. The SMILES string of the molecule is COC(=O)c1ccc(N(C)C)cc1OCc1ccccc1. The smallest absolute Gasteiger partial charge is 0.341 e. The van der Waals surface area contributed by atoms with Crippen LogP contribution in [-0.4, -0.2) is 27.2 Å². The average molecular weight is 285 g/mol. The molecule has 0 radical (unpaired) electrons. The number of rotatable bonds is 5. The summed E-state index contributed by atoms with van der Waals surface area (Å²) in [5.41, 5.74) is 2.44. The number of hydrogen-bond donors (Lipinski definition) is 0. The van der Waals surface area contributed by atoms with E-state index in [1.165, 1.54) is 7.11 Å². The molecule has 110 valence electrons. The normalized spacial score (nSPS) is 10.0. The Hall–Kier alpha value is -2.49. The molecular formula is C17H19NO3. The molecule has 0 atom stereocenters. The van der Waals surface area contributed by atoms with Crippen LogP contribution in [0.4, 0.5) is 5.69 Å². The summed E-state index contributed by atoms with van der Waals surface area (Å²) in [6.07, 6.45) is 0. The largest absolute Gasteiger partial charge is 0.488 e. The lowest BCUT2D eigenvalue weighted by Crippen LogP contribution is -2.11. The molecule has 0 amide bonds. The number of benzene rings is 2. The predicted octanol–water partition coefficient (Wildman–Crippen LogP) is 3.12. The third-order valence-electron chi connectivity index (χ3n) is 3.12.